The predicted molar refractivity (Wildman–Crippen MR) is 131 cm³/mol. The van der Waals surface area contributed by atoms with Crippen molar-refractivity contribution >= 4 is 29.1 Å². The zero-order valence-electron chi connectivity index (χ0n) is 19.1. The van der Waals surface area contributed by atoms with E-state index >= 15 is 0 Å². The Bertz CT molecular complexity index is 1260. The van der Waals surface area contributed by atoms with E-state index in [1.54, 1.807) is 60.7 Å². The molecule has 1 aromatic heterocycles. The molecule has 1 unspecified atom stereocenters. The second-order valence-corrected chi connectivity index (χ2v) is 8.19. The zero-order valence-corrected chi connectivity index (χ0v) is 19.8. The van der Waals surface area contributed by atoms with Crippen molar-refractivity contribution in [1.29, 1.82) is 0 Å². The molecule has 1 atom stereocenters. The molecule has 2 heterocycles. The number of Topliss-reactive ketones (excluding diaryl/α,β-unsaturated/α-hetero) is 1. The SMILES string of the molecule is C=CCOc1ccc(C2/C(=C(\O)c3ccc(Cl)cc3)C(=O)C(=O)N2Cc2ccco2)cc1OCC. The number of furan rings is 1. The molecular formula is C27H24ClNO6. The van der Waals surface area contributed by atoms with Crippen LogP contribution in [0.1, 0.15) is 29.9 Å². The van der Waals surface area contributed by atoms with E-state index in [9.17, 15) is 14.7 Å². The standard InChI is InChI=1S/C27H24ClNO6/c1-3-13-35-21-12-9-18(15-22(21)33-4-2)24-23(25(30)17-7-10-19(28)11-8-17)26(31)27(32)29(24)16-20-6-5-14-34-20/h3,5-12,14-15,24,30H,1,4,13,16H2,2H3/b25-23+. The third-order valence-corrected chi connectivity index (χ3v) is 5.76. The van der Waals surface area contributed by atoms with Gasteiger partial charge < -0.3 is 23.9 Å². The van der Waals surface area contributed by atoms with Crippen molar-refractivity contribution in [2.24, 2.45) is 0 Å². The summed E-state index contributed by atoms with van der Waals surface area (Å²) in [6.07, 6.45) is 3.11. The number of rotatable bonds is 9. The Labute approximate surface area is 207 Å². The van der Waals surface area contributed by atoms with Crippen molar-refractivity contribution in [2.45, 2.75) is 19.5 Å². The number of ketones is 1. The number of ether oxygens (including phenoxy) is 2. The number of carbonyl (C=O) groups is 2. The van der Waals surface area contributed by atoms with Gasteiger partial charge in [0.05, 0.1) is 31.0 Å². The van der Waals surface area contributed by atoms with Crippen LogP contribution >= 0.6 is 11.6 Å². The van der Waals surface area contributed by atoms with E-state index in [0.717, 1.165) is 0 Å². The maximum Gasteiger partial charge on any atom is 0.296 e. The highest BCUT2D eigenvalue weighted by Crippen LogP contribution is 2.42. The topological polar surface area (TPSA) is 89.2 Å². The molecule has 35 heavy (non-hydrogen) atoms. The summed E-state index contributed by atoms with van der Waals surface area (Å²) in [5, 5.41) is 11.6. The molecule has 1 aliphatic heterocycles. The van der Waals surface area contributed by atoms with Crippen molar-refractivity contribution in [3.63, 3.8) is 0 Å². The van der Waals surface area contributed by atoms with Crippen LogP contribution < -0.4 is 9.47 Å². The average Bonchev–Trinajstić information content (AvgIpc) is 3.46. The number of hydrogen-bond donors (Lipinski definition) is 1. The summed E-state index contributed by atoms with van der Waals surface area (Å²) in [5.41, 5.74) is 0.901. The molecule has 0 aliphatic carbocycles. The van der Waals surface area contributed by atoms with Gasteiger partial charge >= 0.3 is 0 Å². The van der Waals surface area contributed by atoms with E-state index in [4.69, 9.17) is 25.5 Å². The summed E-state index contributed by atoms with van der Waals surface area (Å²) < 4.78 is 16.9. The summed E-state index contributed by atoms with van der Waals surface area (Å²) in [5.74, 6) is -0.389. The van der Waals surface area contributed by atoms with Crippen LogP contribution in [0.4, 0.5) is 0 Å². The smallest absolute Gasteiger partial charge is 0.296 e. The molecule has 1 aliphatic rings. The van der Waals surface area contributed by atoms with Gasteiger partial charge in [-0.3, -0.25) is 9.59 Å². The first-order valence-corrected chi connectivity index (χ1v) is 11.4. The van der Waals surface area contributed by atoms with Crippen LogP contribution in [0.15, 0.2) is 83.5 Å². The van der Waals surface area contributed by atoms with Gasteiger partial charge in [0.15, 0.2) is 11.5 Å². The maximum atomic E-state index is 13.2. The van der Waals surface area contributed by atoms with Gasteiger partial charge in [-0.25, -0.2) is 0 Å². The van der Waals surface area contributed by atoms with Crippen LogP contribution in [0.5, 0.6) is 11.5 Å². The molecule has 7 nitrogen and oxygen atoms in total. The molecule has 180 valence electrons. The Morgan fingerprint density at radius 2 is 1.91 bits per heavy atom. The third-order valence-electron chi connectivity index (χ3n) is 5.50. The van der Waals surface area contributed by atoms with Gasteiger partial charge in [-0.1, -0.05) is 30.3 Å². The number of amides is 1. The third kappa shape index (κ3) is 4.95. The normalized spacial score (nSPS) is 17.0. The first-order chi connectivity index (χ1) is 16.9. The van der Waals surface area contributed by atoms with Crippen molar-refractivity contribution < 1.29 is 28.6 Å². The highest BCUT2D eigenvalue weighted by molar-refractivity contribution is 6.46. The monoisotopic (exact) mass is 493 g/mol. The zero-order chi connectivity index (χ0) is 24.9. The van der Waals surface area contributed by atoms with Crippen molar-refractivity contribution in [3.8, 4) is 11.5 Å². The lowest BCUT2D eigenvalue weighted by molar-refractivity contribution is -0.140. The molecule has 0 bridgehead atoms. The molecule has 4 rings (SSSR count). The summed E-state index contributed by atoms with van der Waals surface area (Å²) in [7, 11) is 0. The highest BCUT2D eigenvalue weighted by Gasteiger charge is 2.46. The van der Waals surface area contributed by atoms with Gasteiger partial charge in [-0.05, 0) is 61.0 Å². The first kappa shape index (κ1) is 24.2. The van der Waals surface area contributed by atoms with Crippen molar-refractivity contribution in [2.75, 3.05) is 13.2 Å². The minimum Gasteiger partial charge on any atom is -0.507 e. The average molecular weight is 494 g/mol. The van der Waals surface area contributed by atoms with Crippen LogP contribution in [0.25, 0.3) is 5.76 Å². The summed E-state index contributed by atoms with van der Waals surface area (Å²) in [6.45, 7) is 6.20. The van der Waals surface area contributed by atoms with Gasteiger partial charge in [0.25, 0.3) is 11.7 Å². The van der Waals surface area contributed by atoms with E-state index < -0.39 is 17.7 Å². The minimum atomic E-state index is -0.886. The van der Waals surface area contributed by atoms with Crippen LogP contribution in [0.2, 0.25) is 5.02 Å². The van der Waals surface area contributed by atoms with Gasteiger partial charge in [0, 0.05) is 10.6 Å². The molecule has 3 aromatic rings. The van der Waals surface area contributed by atoms with Gasteiger partial charge in [0.2, 0.25) is 0 Å². The fraction of sp³-hybridized carbons (Fsp3) is 0.185. The summed E-state index contributed by atoms with van der Waals surface area (Å²) >= 11 is 5.98. The predicted octanol–water partition coefficient (Wildman–Crippen LogP) is 5.52. The molecule has 2 aromatic carbocycles. The lowest BCUT2D eigenvalue weighted by atomic mass is 9.95. The van der Waals surface area contributed by atoms with E-state index in [1.165, 1.54) is 11.2 Å². The Kier molecular flexibility index (Phi) is 7.27. The lowest BCUT2D eigenvalue weighted by Crippen LogP contribution is -2.29. The molecule has 1 fully saturated rings. The second-order valence-electron chi connectivity index (χ2n) is 7.75. The van der Waals surface area contributed by atoms with Crippen molar-refractivity contribution in [3.05, 3.63) is 101 Å². The van der Waals surface area contributed by atoms with Gasteiger partial charge in [-0.15, -0.1) is 0 Å². The van der Waals surface area contributed by atoms with Crippen molar-refractivity contribution in [1.82, 2.24) is 4.90 Å². The Balaban J connectivity index is 1.86. The number of halogens is 1. The minimum absolute atomic E-state index is 0.0360. The number of nitrogens with zero attached hydrogens (tertiary/aromatic N) is 1. The summed E-state index contributed by atoms with van der Waals surface area (Å²) in [4.78, 5) is 27.7. The van der Waals surface area contributed by atoms with E-state index in [-0.39, 0.29) is 24.5 Å². The van der Waals surface area contributed by atoms with Crippen LogP contribution in [0.3, 0.4) is 0 Å². The number of carbonyl (C=O) groups excluding carboxylic acids is 2. The Morgan fingerprint density at radius 1 is 1.14 bits per heavy atom. The fourth-order valence-electron chi connectivity index (χ4n) is 3.95. The molecule has 0 radical (unpaired) electrons. The highest BCUT2D eigenvalue weighted by atomic mass is 35.5. The van der Waals surface area contributed by atoms with Crippen LogP contribution in [0, 0.1) is 0 Å². The maximum absolute atomic E-state index is 13.2. The quantitative estimate of drug-likeness (QED) is 0.183. The molecule has 1 saturated heterocycles. The molecule has 1 amide bonds. The van der Waals surface area contributed by atoms with Gasteiger partial charge in [-0.2, -0.15) is 0 Å². The molecule has 1 N–H and O–H groups in total. The van der Waals surface area contributed by atoms with Crippen LogP contribution in [-0.2, 0) is 16.1 Å². The van der Waals surface area contributed by atoms with E-state index in [1.807, 2.05) is 6.92 Å². The number of aliphatic hydroxyl groups excluding tert-OH is 1. The summed E-state index contributed by atoms with van der Waals surface area (Å²) in [6, 6.07) is 14.1. The van der Waals surface area contributed by atoms with E-state index in [0.29, 0.717) is 40.0 Å². The molecule has 8 heteroatoms. The second kappa shape index (κ2) is 10.5. The Morgan fingerprint density at radius 3 is 2.57 bits per heavy atom. The molecular weight excluding hydrogens is 470 g/mol. The van der Waals surface area contributed by atoms with Gasteiger partial charge in [0.1, 0.15) is 18.1 Å². The number of likely N-dealkylation sites (tertiary alicyclic amines) is 1. The fourth-order valence-corrected chi connectivity index (χ4v) is 4.08. The number of aliphatic hydroxyl groups is 1. The Hall–Kier alpha value is -3.97. The molecule has 0 spiro atoms. The van der Waals surface area contributed by atoms with E-state index in [2.05, 4.69) is 6.58 Å². The molecule has 0 saturated carbocycles. The van der Waals surface area contributed by atoms with Crippen LogP contribution in [-0.4, -0.2) is 34.9 Å². The largest absolute Gasteiger partial charge is 0.507 e. The number of benzene rings is 2. The number of hydrogen-bond acceptors (Lipinski definition) is 6. The lowest BCUT2D eigenvalue weighted by Gasteiger charge is -2.25. The first-order valence-electron chi connectivity index (χ1n) is 11.0.